The first-order valence-corrected chi connectivity index (χ1v) is 4.09. The summed E-state index contributed by atoms with van der Waals surface area (Å²) in [4.78, 5) is 13.9. The summed E-state index contributed by atoms with van der Waals surface area (Å²) < 4.78 is 4.60. The maximum atomic E-state index is 9.99. The number of rotatable bonds is 3. The Morgan fingerprint density at radius 2 is 1.93 bits per heavy atom. The smallest absolute Gasteiger partial charge is 0.295 e. The van der Waals surface area contributed by atoms with Crippen molar-refractivity contribution in [2.24, 2.45) is 0 Å². The summed E-state index contributed by atoms with van der Waals surface area (Å²) in [6.45, 7) is -0.638. The van der Waals surface area contributed by atoms with Gasteiger partial charge in [-0.25, -0.2) is 0 Å². The predicted octanol–water partition coefficient (Wildman–Crippen LogP) is -3.01. The van der Waals surface area contributed by atoms with E-state index in [1.54, 1.807) is 0 Å². The van der Waals surface area contributed by atoms with E-state index in [1.165, 1.54) is 0 Å². The van der Waals surface area contributed by atoms with E-state index in [9.17, 15) is 25.4 Å². The number of nitrogens with zero attached hydrogens (tertiary/aromatic N) is 1. The lowest BCUT2D eigenvalue weighted by molar-refractivity contribution is -0.776. The molecule has 9 nitrogen and oxygen atoms in total. The Morgan fingerprint density at radius 3 is 2.40 bits per heavy atom. The number of aliphatic hydroxyl groups is 4. The minimum absolute atomic E-state index is 0.638. The minimum Gasteiger partial charge on any atom is -0.394 e. The fourth-order valence-electron chi connectivity index (χ4n) is 1.28. The molecule has 0 radical (unpaired) electrons. The molecule has 0 amide bonds. The van der Waals surface area contributed by atoms with Crippen molar-refractivity contribution in [2.75, 3.05) is 6.61 Å². The van der Waals surface area contributed by atoms with Crippen molar-refractivity contribution in [3.8, 4) is 0 Å². The highest BCUT2D eigenvalue weighted by atomic mass is 17.0. The molecule has 1 heterocycles. The Morgan fingerprint density at radius 1 is 1.33 bits per heavy atom. The van der Waals surface area contributed by atoms with Gasteiger partial charge >= 0.3 is 0 Å². The molecule has 0 saturated carbocycles. The molecule has 0 aliphatic carbocycles. The van der Waals surface area contributed by atoms with Crippen molar-refractivity contribution in [3.05, 3.63) is 10.1 Å². The first-order valence-electron chi connectivity index (χ1n) is 4.09. The van der Waals surface area contributed by atoms with E-state index in [0.717, 1.165) is 0 Å². The van der Waals surface area contributed by atoms with Crippen LogP contribution in [0.15, 0.2) is 0 Å². The molecular weight excluding hydrogens is 214 g/mol. The van der Waals surface area contributed by atoms with Crippen molar-refractivity contribution in [3.63, 3.8) is 0 Å². The molecule has 5 atom stereocenters. The van der Waals surface area contributed by atoms with E-state index < -0.39 is 42.4 Å². The average molecular weight is 225 g/mol. The quantitative estimate of drug-likeness (QED) is 0.294. The lowest BCUT2D eigenvalue weighted by atomic mass is 9.99. The molecule has 1 fully saturated rings. The highest BCUT2D eigenvalue weighted by molar-refractivity contribution is 4.88. The maximum absolute atomic E-state index is 9.99. The molecule has 0 spiro atoms. The van der Waals surface area contributed by atoms with Gasteiger partial charge in [0.1, 0.15) is 18.3 Å². The van der Waals surface area contributed by atoms with Crippen molar-refractivity contribution < 1.29 is 35.1 Å². The van der Waals surface area contributed by atoms with Gasteiger partial charge in [0.15, 0.2) is 12.4 Å². The van der Waals surface area contributed by atoms with Crippen molar-refractivity contribution in [2.45, 2.75) is 30.7 Å². The van der Waals surface area contributed by atoms with Crippen LogP contribution in [0.3, 0.4) is 0 Å². The summed E-state index contributed by atoms with van der Waals surface area (Å²) in [6, 6.07) is 0. The fraction of sp³-hybridized carbons (Fsp3) is 1.00. The zero-order chi connectivity index (χ0) is 11.6. The third kappa shape index (κ3) is 2.52. The fourth-order valence-corrected chi connectivity index (χ4v) is 1.28. The van der Waals surface area contributed by atoms with Crippen molar-refractivity contribution in [1.29, 1.82) is 0 Å². The molecule has 0 aromatic rings. The van der Waals surface area contributed by atoms with Crippen LogP contribution in [0.1, 0.15) is 0 Å². The first kappa shape index (κ1) is 12.1. The van der Waals surface area contributed by atoms with Gasteiger partial charge in [-0.05, 0) is 0 Å². The van der Waals surface area contributed by atoms with E-state index in [-0.39, 0.29) is 0 Å². The van der Waals surface area contributed by atoms with Crippen LogP contribution in [-0.4, -0.2) is 62.8 Å². The molecule has 1 aliphatic heterocycles. The van der Waals surface area contributed by atoms with Gasteiger partial charge in [0.2, 0.25) is 0 Å². The van der Waals surface area contributed by atoms with Crippen molar-refractivity contribution in [1.82, 2.24) is 0 Å². The summed E-state index contributed by atoms with van der Waals surface area (Å²) >= 11 is 0. The number of ether oxygens (including phenoxy) is 1. The van der Waals surface area contributed by atoms with E-state index in [2.05, 4.69) is 9.57 Å². The highest BCUT2D eigenvalue weighted by Gasteiger charge is 2.45. The molecule has 0 aromatic carbocycles. The van der Waals surface area contributed by atoms with Crippen LogP contribution < -0.4 is 0 Å². The third-order valence-electron chi connectivity index (χ3n) is 2.05. The van der Waals surface area contributed by atoms with Gasteiger partial charge in [-0.2, -0.15) is 0 Å². The summed E-state index contributed by atoms with van der Waals surface area (Å²) in [5.74, 6) is 0. The molecule has 4 N–H and O–H groups in total. The Kier molecular flexibility index (Phi) is 3.77. The van der Waals surface area contributed by atoms with Crippen LogP contribution >= 0.6 is 0 Å². The van der Waals surface area contributed by atoms with Gasteiger partial charge in [0, 0.05) is 0 Å². The molecule has 88 valence electrons. The summed E-state index contributed by atoms with van der Waals surface area (Å²) in [6.07, 6.45) is -7.97. The van der Waals surface area contributed by atoms with Crippen LogP contribution in [-0.2, 0) is 9.57 Å². The second-order valence-corrected chi connectivity index (χ2v) is 3.02. The number of aliphatic hydroxyl groups excluding tert-OH is 4. The minimum atomic E-state index is -1.79. The molecule has 1 rings (SSSR count). The zero-order valence-corrected chi connectivity index (χ0v) is 7.46. The second-order valence-electron chi connectivity index (χ2n) is 3.02. The molecule has 1 saturated heterocycles. The van der Waals surface area contributed by atoms with Gasteiger partial charge in [0.25, 0.3) is 5.09 Å². The van der Waals surface area contributed by atoms with Crippen molar-refractivity contribution >= 4 is 0 Å². The molecule has 0 aromatic heterocycles. The Hall–Kier alpha value is -1.00. The van der Waals surface area contributed by atoms with Crippen LogP contribution in [0, 0.1) is 10.1 Å². The maximum Gasteiger partial charge on any atom is 0.295 e. The van der Waals surface area contributed by atoms with Crippen LogP contribution in [0.5, 0.6) is 0 Å². The lowest BCUT2D eigenvalue weighted by Gasteiger charge is -2.38. The molecule has 0 bridgehead atoms. The largest absolute Gasteiger partial charge is 0.394 e. The monoisotopic (exact) mass is 225 g/mol. The molecule has 1 aliphatic rings. The number of hydrogen-bond donors (Lipinski definition) is 4. The SMILES string of the molecule is O=[N+]([O-])O[C@H]1C(O)O[C@H](CO)[C@@H](O)[C@@H]1O. The normalized spacial score (nSPS) is 41.2. The van der Waals surface area contributed by atoms with Gasteiger partial charge in [0.05, 0.1) is 6.61 Å². The molecule has 1 unspecified atom stereocenters. The second kappa shape index (κ2) is 4.68. The standard InChI is InChI=1S/C6H11NO8/c8-1-2-3(9)4(10)5(6(11)14-2)15-7(12)13/h2-6,8-11H,1H2/t2-,3-,4+,5-,6?/m1/s1. The first-order chi connectivity index (χ1) is 6.97. The van der Waals surface area contributed by atoms with E-state index in [0.29, 0.717) is 0 Å². The van der Waals surface area contributed by atoms with Crippen LogP contribution in [0.2, 0.25) is 0 Å². The Balaban J connectivity index is 2.70. The van der Waals surface area contributed by atoms with Gasteiger partial charge in [-0.15, -0.1) is 10.1 Å². The summed E-state index contributed by atoms with van der Waals surface area (Å²) in [5.41, 5.74) is 0. The van der Waals surface area contributed by atoms with Gasteiger partial charge in [-0.3, -0.25) is 0 Å². The van der Waals surface area contributed by atoms with Crippen LogP contribution in [0.25, 0.3) is 0 Å². The third-order valence-corrected chi connectivity index (χ3v) is 2.05. The predicted molar refractivity (Wildman–Crippen MR) is 41.8 cm³/mol. The number of hydrogen-bond acceptors (Lipinski definition) is 8. The van der Waals surface area contributed by atoms with Gasteiger partial charge in [-0.1, -0.05) is 0 Å². The van der Waals surface area contributed by atoms with E-state index >= 15 is 0 Å². The molecule has 9 heteroatoms. The molecule has 15 heavy (non-hydrogen) atoms. The highest BCUT2D eigenvalue weighted by Crippen LogP contribution is 2.21. The lowest BCUT2D eigenvalue weighted by Crippen LogP contribution is -2.59. The van der Waals surface area contributed by atoms with Crippen LogP contribution in [0.4, 0.5) is 0 Å². The van der Waals surface area contributed by atoms with Gasteiger partial charge < -0.3 is 30.0 Å². The summed E-state index contributed by atoms with van der Waals surface area (Å²) in [7, 11) is 0. The average Bonchev–Trinajstić information content (AvgIpc) is 2.18. The Labute approximate surface area is 83.6 Å². The summed E-state index contributed by atoms with van der Waals surface area (Å²) in [5, 5.41) is 45.2. The molecular formula is C6H11NO8. The topological polar surface area (TPSA) is 143 Å². The van der Waals surface area contributed by atoms with E-state index in [1.807, 2.05) is 0 Å². The zero-order valence-electron chi connectivity index (χ0n) is 7.46. The van der Waals surface area contributed by atoms with E-state index in [4.69, 9.17) is 5.11 Å². The Bertz CT molecular complexity index is 235.